The Hall–Kier alpha value is -3.16. The van der Waals surface area contributed by atoms with E-state index in [0.717, 1.165) is 30.5 Å². The monoisotopic (exact) mass is 428 g/mol. The lowest BCUT2D eigenvalue weighted by Gasteiger charge is -2.32. The van der Waals surface area contributed by atoms with E-state index in [1.807, 2.05) is 19.1 Å². The molecule has 1 aromatic heterocycles. The fourth-order valence-electron chi connectivity index (χ4n) is 3.82. The maximum atomic E-state index is 13.1. The van der Waals surface area contributed by atoms with Crippen LogP contribution in [0.2, 0.25) is 0 Å². The molecule has 2 atom stereocenters. The highest BCUT2D eigenvalue weighted by Gasteiger charge is 2.31. The van der Waals surface area contributed by atoms with Crippen molar-refractivity contribution in [1.29, 1.82) is 0 Å². The van der Waals surface area contributed by atoms with Gasteiger partial charge in [-0.05, 0) is 55.5 Å². The number of nitrogens with zero attached hydrogens (tertiary/aromatic N) is 3. The maximum absolute atomic E-state index is 13.1. The minimum absolute atomic E-state index is 0.0969. The SMILES string of the molecule is CC1CC=CC(NC(=O)N2CCC(C)c3ccc(-c4cccc(C(F)(F)F)c4)nc32)=N1. The summed E-state index contributed by atoms with van der Waals surface area (Å²) in [5.41, 5.74) is 0.903. The number of pyridine rings is 1. The minimum atomic E-state index is -4.43. The van der Waals surface area contributed by atoms with Crippen molar-refractivity contribution in [2.24, 2.45) is 4.99 Å². The molecule has 5 nitrogen and oxygen atoms in total. The van der Waals surface area contributed by atoms with Crippen LogP contribution in [0.5, 0.6) is 0 Å². The lowest BCUT2D eigenvalue weighted by molar-refractivity contribution is -0.137. The largest absolute Gasteiger partial charge is 0.416 e. The number of rotatable bonds is 1. The number of hydrogen-bond donors (Lipinski definition) is 1. The number of halogens is 3. The maximum Gasteiger partial charge on any atom is 0.416 e. The Labute approximate surface area is 178 Å². The molecule has 2 aromatic rings. The highest BCUT2D eigenvalue weighted by atomic mass is 19.4. The molecule has 0 saturated heterocycles. The zero-order chi connectivity index (χ0) is 22.2. The van der Waals surface area contributed by atoms with Crippen LogP contribution in [0, 0.1) is 0 Å². The number of nitrogens with one attached hydrogen (secondary N) is 1. The second-order valence-electron chi connectivity index (χ2n) is 7.96. The Morgan fingerprint density at radius 3 is 2.74 bits per heavy atom. The summed E-state index contributed by atoms with van der Waals surface area (Å²) in [6.45, 7) is 4.48. The lowest BCUT2D eigenvalue weighted by Crippen LogP contribution is -2.46. The first kappa shape index (κ1) is 21.1. The first-order valence-electron chi connectivity index (χ1n) is 10.2. The van der Waals surface area contributed by atoms with Gasteiger partial charge in [0.1, 0.15) is 11.7 Å². The number of fused-ring (bicyclic) bond motifs is 1. The van der Waals surface area contributed by atoms with Crippen LogP contribution in [-0.2, 0) is 6.18 Å². The molecular weight excluding hydrogens is 405 g/mol. The zero-order valence-corrected chi connectivity index (χ0v) is 17.3. The van der Waals surface area contributed by atoms with E-state index in [-0.39, 0.29) is 18.0 Å². The number of aliphatic imine (C=N–C) groups is 1. The third-order valence-electron chi connectivity index (χ3n) is 5.56. The molecule has 0 fully saturated rings. The molecule has 0 aliphatic carbocycles. The van der Waals surface area contributed by atoms with Crippen molar-refractivity contribution >= 4 is 17.7 Å². The average Bonchev–Trinajstić information content (AvgIpc) is 2.73. The van der Waals surface area contributed by atoms with Crippen LogP contribution in [-0.4, -0.2) is 29.4 Å². The summed E-state index contributed by atoms with van der Waals surface area (Å²) in [5, 5.41) is 2.82. The Balaban J connectivity index is 1.67. The van der Waals surface area contributed by atoms with E-state index < -0.39 is 11.7 Å². The molecule has 0 saturated carbocycles. The van der Waals surface area contributed by atoms with Crippen molar-refractivity contribution in [3.8, 4) is 11.3 Å². The normalized spacial score (nSPS) is 20.8. The third kappa shape index (κ3) is 4.47. The van der Waals surface area contributed by atoms with Crippen LogP contribution in [0.1, 0.15) is 43.7 Å². The Kier molecular flexibility index (Phi) is 5.56. The topological polar surface area (TPSA) is 57.6 Å². The van der Waals surface area contributed by atoms with Gasteiger partial charge in [0.25, 0.3) is 0 Å². The van der Waals surface area contributed by atoms with E-state index in [1.54, 1.807) is 23.1 Å². The molecule has 2 aliphatic heterocycles. The first-order valence-corrected chi connectivity index (χ1v) is 10.2. The number of amidine groups is 1. The summed E-state index contributed by atoms with van der Waals surface area (Å²) in [4.78, 5) is 23.6. The highest BCUT2D eigenvalue weighted by molar-refractivity contribution is 6.09. The van der Waals surface area contributed by atoms with E-state index in [0.29, 0.717) is 29.5 Å². The molecule has 0 bridgehead atoms. The molecule has 3 heterocycles. The van der Waals surface area contributed by atoms with E-state index in [9.17, 15) is 18.0 Å². The minimum Gasteiger partial charge on any atom is -0.292 e. The molecule has 2 amide bonds. The number of carbonyl (C=O) groups is 1. The number of carbonyl (C=O) groups excluding carboxylic acids is 1. The number of dihydropyridines is 1. The van der Waals surface area contributed by atoms with Crippen molar-refractivity contribution in [2.45, 2.75) is 44.8 Å². The van der Waals surface area contributed by atoms with Gasteiger partial charge in [-0.25, -0.2) is 9.78 Å². The van der Waals surface area contributed by atoms with E-state index in [2.05, 4.69) is 22.2 Å². The number of benzene rings is 1. The molecule has 2 unspecified atom stereocenters. The van der Waals surface area contributed by atoms with Crippen LogP contribution >= 0.6 is 0 Å². The lowest BCUT2D eigenvalue weighted by atomic mass is 9.93. The standard InChI is InChI=1S/C23H23F3N4O/c1-14-11-12-30(22(31)29-20-8-3-5-15(2)27-20)21-18(14)9-10-19(28-21)16-6-4-7-17(13-16)23(24,25)26/h3-4,6-10,13-15H,5,11-12H2,1-2H3,(H,27,29,31). The van der Waals surface area contributed by atoms with Crippen molar-refractivity contribution in [2.75, 3.05) is 11.4 Å². The van der Waals surface area contributed by atoms with Crippen molar-refractivity contribution in [1.82, 2.24) is 10.3 Å². The van der Waals surface area contributed by atoms with Crippen LogP contribution in [0.4, 0.5) is 23.8 Å². The molecule has 8 heteroatoms. The molecule has 162 valence electrons. The number of alkyl halides is 3. The second kappa shape index (κ2) is 8.17. The van der Waals surface area contributed by atoms with Crippen molar-refractivity contribution in [3.05, 3.63) is 59.7 Å². The van der Waals surface area contributed by atoms with Gasteiger partial charge in [0.05, 0.1) is 17.3 Å². The predicted octanol–water partition coefficient (Wildman–Crippen LogP) is 5.54. The molecule has 1 aromatic carbocycles. The molecule has 2 aliphatic rings. The van der Waals surface area contributed by atoms with Crippen molar-refractivity contribution in [3.63, 3.8) is 0 Å². The number of amides is 2. The fraction of sp³-hybridized carbons (Fsp3) is 0.348. The van der Waals surface area contributed by atoms with E-state index >= 15 is 0 Å². The van der Waals surface area contributed by atoms with Crippen LogP contribution in [0.25, 0.3) is 11.3 Å². The Morgan fingerprint density at radius 2 is 2.00 bits per heavy atom. The second-order valence-corrected chi connectivity index (χ2v) is 7.96. The average molecular weight is 428 g/mol. The van der Waals surface area contributed by atoms with E-state index in [1.165, 1.54) is 6.07 Å². The number of hydrogen-bond acceptors (Lipinski definition) is 3. The fourth-order valence-corrected chi connectivity index (χ4v) is 3.82. The van der Waals surface area contributed by atoms with Gasteiger partial charge in [0, 0.05) is 12.1 Å². The van der Waals surface area contributed by atoms with Gasteiger partial charge in [-0.2, -0.15) is 13.2 Å². The highest BCUT2D eigenvalue weighted by Crippen LogP contribution is 2.37. The molecule has 4 rings (SSSR count). The summed E-state index contributed by atoms with van der Waals surface area (Å²) in [5.74, 6) is 1.16. The molecular formula is C23H23F3N4O. The Morgan fingerprint density at radius 1 is 1.19 bits per heavy atom. The molecule has 0 radical (unpaired) electrons. The van der Waals surface area contributed by atoms with Gasteiger partial charge in [0.15, 0.2) is 0 Å². The van der Waals surface area contributed by atoms with Gasteiger partial charge in [-0.3, -0.25) is 15.2 Å². The van der Waals surface area contributed by atoms with Gasteiger partial charge in [-0.1, -0.05) is 31.2 Å². The third-order valence-corrected chi connectivity index (χ3v) is 5.56. The summed E-state index contributed by atoms with van der Waals surface area (Å²) in [7, 11) is 0. The van der Waals surface area contributed by atoms with Gasteiger partial charge >= 0.3 is 12.2 Å². The first-order chi connectivity index (χ1) is 14.7. The van der Waals surface area contributed by atoms with Crippen LogP contribution < -0.4 is 10.2 Å². The summed E-state index contributed by atoms with van der Waals surface area (Å²) >= 11 is 0. The van der Waals surface area contributed by atoms with Crippen LogP contribution in [0.15, 0.2) is 53.5 Å². The van der Waals surface area contributed by atoms with Crippen molar-refractivity contribution < 1.29 is 18.0 Å². The quantitative estimate of drug-likeness (QED) is 0.649. The predicted molar refractivity (Wildman–Crippen MR) is 114 cm³/mol. The molecule has 0 spiro atoms. The molecule has 31 heavy (non-hydrogen) atoms. The zero-order valence-electron chi connectivity index (χ0n) is 17.3. The summed E-state index contributed by atoms with van der Waals surface area (Å²) in [6, 6.07) is 8.37. The Bertz CT molecular complexity index is 1060. The summed E-state index contributed by atoms with van der Waals surface area (Å²) < 4.78 is 39.4. The number of aromatic nitrogens is 1. The smallest absolute Gasteiger partial charge is 0.292 e. The van der Waals surface area contributed by atoms with Gasteiger partial charge in [0.2, 0.25) is 0 Å². The van der Waals surface area contributed by atoms with Crippen LogP contribution in [0.3, 0.4) is 0 Å². The van der Waals surface area contributed by atoms with Gasteiger partial charge < -0.3 is 0 Å². The van der Waals surface area contributed by atoms with E-state index in [4.69, 9.17) is 0 Å². The van der Waals surface area contributed by atoms with Gasteiger partial charge in [-0.15, -0.1) is 0 Å². The number of urea groups is 1. The number of anilines is 1. The summed E-state index contributed by atoms with van der Waals surface area (Å²) in [6.07, 6.45) is 0.895. The molecule has 1 N–H and O–H groups in total.